The van der Waals surface area contributed by atoms with E-state index in [1.807, 2.05) is 27.7 Å². The molecule has 1 atom stereocenters. The molecule has 4 nitrogen and oxygen atoms in total. The molecule has 0 amide bonds. The summed E-state index contributed by atoms with van der Waals surface area (Å²) >= 11 is 0. The highest BCUT2D eigenvalue weighted by molar-refractivity contribution is 6.02. The topological polar surface area (TPSA) is 49.4 Å². The van der Waals surface area contributed by atoms with Gasteiger partial charge in [0.25, 0.3) is 0 Å². The summed E-state index contributed by atoms with van der Waals surface area (Å²) < 4.78 is 0. The Kier molecular flexibility index (Phi) is 7.25. The molecule has 1 unspecified atom stereocenters. The van der Waals surface area contributed by atoms with Crippen LogP contribution in [0.3, 0.4) is 0 Å². The molecular formula is C12H22N4. The van der Waals surface area contributed by atoms with Crippen LogP contribution in [-0.2, 0) is 0 Å². The van der Waals surface area contributed by atoms with Gasteiger partial charge < -0.3 is 0 Å². The van der Waals surface area contributed by atoms with Gasteiger partial charge in [0.15, 0.2) is 0 Å². The van der Waals surface area contributed by atoms with E-state index in [9.17, 15) is 0 Å². The van der Waals surface area contributed by atoms with Gasteiger partial charge in [-0.1, -0.05) is 6.92 Å². The minimum Gasteiger partial charge on any atom is -0.270 e. The summed E-state index contributed by atoms with van der Waals surface area (Å²) in [7, 11) is 0. The largest absolute Gasteiger partial charge is 0.270 e. The summed E-state index contributed by atoms with van der Waals surface area (Å²) in [5, 5.41) is 0. The molecule has 90 valence electrons. The molecule has 4 heteroatoms. The fraction of sp³-hybridized carbons (Fsp3) is 0.667. The Labute approximate surface area is 98.3 Å². The van der Waals surface area contributed by atoms with Crippen molar-refractivity contribution >= 4 is 23.7 Å². The van der Waals surface area contributed by atoms with E-state index in [1.165, 1.54) is 0 Å². The van der Waals surface area contributed by atoms with E-state index in [2.05, 4.69) is 33.8 Å². The second-order valence-electron chi connectivity index (χ2n) is 3.92. The third kappa shape index (κ3) is 8.03. The summed E-state index contributed by atoms with van der Waals surface area (Å²) in [6, 6.07) is 0.317. The molecule has 16 heavy (non-hydrogen) atoms. The maximum Gasteiger partial charge on any atom is 0.129 e. The van der Waals surface area contributed by atoms with E-state index in [4.69, 9.17) is 0 Å². The molecule has 0 aromatic carbocycles. The highest BCUT2D eigenvalue weighted by Crippen LogP contribution is 1.93. The molecule has 0 aliphatic carbocycles. The number of hydrogen-bond donors (Lipinski definition) is 0. The summed E-state index contributed by atoms with van der Waals surface area (Å²) in [5.74, 6) is 1.40. The zero-order valence-corrected chi connectivity index (χ0v) is 11.2. The first-order valence-corrected chi connectivity index (χ1v) is 5.59. The normalized spacial score (nSPS) is 15.4. The van der Waals surface area contributed by atoms with Gasteiger partial charge >= 0.3 is 0 Å². The first kappa shape index (κ1) is 14.7. The van der Waals surface area contributed by atoms with E-state index in [-0.39, 0.29) is 0 Å². The molecule has 0 aromatic rings. The second kappa shape index (κ2) is 7.91. The second-order valence-corrected chi connectivity index (χ2v) is 3.92. The van der Waals surface area contributed by atoms with Crippen molar-refractivity contribution in [3.05, 3.63) is 0 Å². The number of rotatable bonds is 3. The molecule has 0 rings (SSSR count). The van der Waals surface area contributed by atoms with E-state index >= 15 is 0 Å². The van der Waals surface area contributed by atoms with Crippen LogP contribution in [0.2, 0.25) is 0 Å². The first-order valence-electron chi connectivity index (χ1n) is 5.59. The van der Waals surface area contributed by atoms with Crippen LogP contribution >= 0.6 is 0 Å². The fourth-order valence-electron chi connectivity index (χ4n) is 0.948. The average Bonchev–Trinajstić information content (AvgIpc) is 2.15. The van der Waals surface area contributed by atoms with Gasteiger partial charge in [-0.2, -0.15) is 0 Å². The summed E-state index contributed by atoms with van der Waals surface area (Å²) in [5.41, 5.74) is 0.988. The Hall–Kier alpha value is -1.32. The van der Waals surface area contributed by atoms with Crippen molar-refractivity contribution in [1.82, 2.24) is 0 Å². The van der Waals surface area contributed by atoms with Crippen LogP contribution < -0.4 is 0 Å². The maximum atomic E-state index is 4.23. The van der Waals surface area contributed by atoms with E-state index in [0.717, 1.165) is 18.0 Å². The van der Waals surface area contributed by atoms with Crippen molar-refractivity contribution in [2.24, 2.45) is 20.0 Å². The SMILES string of the molecule is CCC(C)N=CN=C(C)N=C(C)N=C(C)C. The van der Waals surface area contributed by atoms with Crippen LogP contribution in [0.1, 0.15) is 48.0 Å². The van der Waals surface area contributed by atoms with Crippen molar-refractivity contribution in [3.63, 3.8) is 0 Å². The molecule has 0 heterocycles. The van der Waals surface area contributed by atoms with Crippen LogP contribution in [0.25, 0.3) is 0 Å². The standard InChI is InChI=1S/C12H22N4/c1-7-10(4)13-8-14-11(5)16-12(6)15-9(2)3/h8,10H,7H2,1-6H3. The minimum absolute atomic E-state index is 0.317. The molecule has 0 bridgehead atoms. The smallest absolute Gasteiger partial charge is 0.129 e. The Bertz CT molecular complexity index is 320. The lowest BCUT2D eigenvalue weighted by Gasteiger charge is -1.97. The summed E-state index contributed by atoms with van der Waals surface area (Å²) in [4.78, 5) is 16.8. The van der Waals surface area contributed by atoms with E-state index in [0.29, 0.717) is 11.9 Å². The summed E-state index contributed by atoms with van der Waals surface area (Å²) in [6.07, 6.45) is 2.59. The van der Waals surface area contributed by atoms with Gasteiger partial charge in [0.1, 0.15) is 18.0 Å². The fourth-order valence-corrected chi connectivity index (χ4v) is 0.948. The molecule has 0 aliphatic rings. The molecule has 0 saturated carbocycles. The van der Waals surface area contributed by atoms with Crippen LogP contribution in [0, 0.1) is 0 Å². The van der Waals surface area contributed by atoms with E-state index < -0.39 is 0 Å². The monoisotopic (exact) mass is 222 g/mol. The minimum atomic E-state index is 0.317. The van der Waals surface area contributed by atoms with Crippen molar-refractivity contribution in [1.29, 1.82) is 0 Å². The van der Waals surface area contributed by atoms with Gasteiger partial charge in [-0.05, 0) is 41.0 Å². The maximum absolute atomic E-state index is 4.23. The lowest BCUT2D eigenvalue weighted by molar-refractivity contribution is 0.719. The zero-order valence-electron chi connectivity index (χ0n) is 11.2. The van der Waals surface area contributed by atoms with Crippen LogP contribution in [0.15, 0.2) is 20.0 Å². The van der Waals surface area contributed by atoms with Gasteiger partial charge in [0.05, 0.1) is 0 Å². The molecular weight excluding hydrogens is 200 g/mol. The highest BCUT2D eigenvalue weighted by Gasteiger charge is 1.91. The third-order valence-electron chi connectivity index (χ3n) is 1.87. The van der Waals surface area contributed by atoms with Gasteiger partial charge in [-0.15, -0.1) is 0 Å². The van der Waals surface area contributed by atoms with Gasteiger partial charge in [-0.3, -0.25) is 4.99 Å². The molecule has 0 fully saturated rings. The molecule has 0 N–H and O–H groups in total. The van der Waals surface area contributed by atoms with Crippen molar-refractivity contribution in [3.8, 4) is 0 Å². The number of nitrogens with zero attached hydrogens (tertiary/aromatic N) is 4. The molecule has 0 radical (unpaired) electrons. The number of amidine groups is 2. The Morgan fingerprint density at radius 2 is 1.69 bits per heavy atom. The first-order chi connectivity index (χ1) is 7.45. The number of hydrogen-bond acceptors (Lipinski definition) is 1. The lowest BCUT2D eigenvalue weighted by Crippen LogP contribution is -1.97. The van der Waals surface area contributed by atoms with Gasteiger partial charge in [0, 0.05) is 11.8 Å². The lowest BCUT2D eigenvalue weighted by atomic mass is 10.3. The van der Waals surface area contributed by atoms with Crippen LogP contribution in [0.5, 0.6) is 0 Å². The Morgan fingerprint density at radius 3 is 2.19 bits per heavy atom. The molecule has 0 saturated heterocycles. The van der Waals surface area contributed by atoms with Gasteiger partial charge in [0.2, 0.25) is 0 Å². The summed E-state index contributed by atoms with van der Waals surface area (Å²) in [6.45, 7) is 11.7. The Balaban J connectivity index is 4.46. The molecule has 0 spiro atoms. The zero-order chi connectivity index (χ0) is 12.6. The van der Waals surface area contributed by atoms with E-state index in [1.54, 1.807) is 6.34 Å². The van der Waals surface area contributed by atoms with Crippen LogP contribution in [-0.4, -0.2) is 29.8 Å². The molecule has 0 aromatic heterocycles. The van der Waals surface area contributed by atoms with Crippen molar-refractivity contribution in [2.45, 2.75) is 54.0 Å². The Morgan fingerprint density at radius 1 is 1.06 bits per heavy atom. The number of aliphatic imine (C=N–C) groups is 4. The van der Waals surface area contributed by atoms with Crippen LogP contribution in [0.4, 0.5) is 0 Å². The predicted molar refractivity (Wildman–Crippen MR) is 73.2 cm³/mol. The van der Waals surface area contributed by atoms with Crippen molar-refractivity contribution < 1.29 is 0 Å². The average molecular weight is 222 g/mol. The highest BCUT2D eigenvalue weighted by atomic mass is 15.0. The molecule has 0 aliphatic heterocycles. The van der Waals surface area contributed by atoms with Gasteiger partial charge in [-0.25, -0.2) is 15.0 Å². The van der Waals surface area contributed by atoms with Crippen molar-refractivity contribution in [2.75, 3.05) is 0 Å². The quantitative estimate of drug-likeness (QED) is 0.520. The third-order valence-corrected chi connectivity index (χ3v) is 1.87. The predicted octanol–water partition coefficient (Wildman–Crippen LogP) is 3.13.